The van der Waals surface area contributed by atoms with Crippen LogP contribution in [0.1, 0.15) is 5.56 Å². The normalized spacial score (nSPS) is 15.2. The maximum Gasteiger partial charge on any atom is 0.193 e. The Balaban J connectivity index is 1.31. The number of phenols is 1. The summed E-state index contributed by atoms with van der Waals surface area (Å²) in [6, 6.07) is 15.9. The molecule has 2 aromatic carbocycles. The van der Waals surface area contributed by atoms with Crippen LogP contribution in [0.2, 0.25) is 0 Å². The van der Waals surface area contributed by atoms with Gasteiger partial charge >= 0.3 is 0 Å². The number of piperazine rings is 1. The number of aliphatic imine (C=N–C) groups is 1. The van der Waals surface area contributed by atoms with Crippen molar-refractivity contribution >= 4 is 22.5 Å². The van der Waals surface area contributed by atoms with E-state index < -0.39 is 0 Å². The summed E-state index contributed by atoms with van der Waals surface area (Å²) in [4.78, 5) is 12.3. The number of aromatic nitrogens is 1. The van der Waals surface area contributed by atoms with Crippen molar-refractivity contribution in [2.24, 2.45) is 4.99 Å². The van der Waals surface area contributed by atoms with E-state index in [9.17, 15) is 5.11 Å². The average Bonchev–Trinajstić information content (AvgIpc) is 3.15. The van der Waals surface area contributed by atoms with Crippen LogP contribution in [0.3, 0.4) is 0 Å². The minimum Gasteiger partial charge on any atom is -0.506 e. The highest BCUT2D eigenvalue weighted by atomic mass is 16.3. The lowest BCUT2D eigenvalue weighted by molar-refractivity contribution is 0.370. The van der Waals surface area contributed by atoms with Gasteiger partial charge in [0.25, 0.3) is 0 Å². The van der Waals surface area contributed by atoms with Crippen molar-refractivity contribution in [3.05, 3.63) is 60.3 Å². The molecule has 28 heavy (non-hydrogen) atoms. The molecule has 3 aromatic rings. The molecule has 146 valence electrons. The molecule has 2 heterocycles. The first-order valence-corrected chi connectivity index (χ1v) is 9.80. The number of guanidine groups is 1. The maximum atomic E-state index is 10.1. The quantitative estimate of drug-likeness (QED) is 0.483. The van der Waals surface area contributed by atoms with Crippen LogP contribution in [0.25, 0.3) is 10.9 Å². The van der Waals surface area contributed by atoms with E-state index in [1.165, 1.54) is 16.5 Å². The van der Waals surface area contributed by atoms with Gasteiger partial charge in [0, 0.05) is 56.9 Å². The lowest BCUT2D eigenvalue weighted by Gasteiger charge is -2.37. The van der Waals surface area contributed by atoms with Crippen molar-refractivity contribution in [2.45, 2.75) is 6.42 Å². The number of hydrogen-bond acceptors (Lipinski definition) is 3. The number of aromatic amines is 1. The summed E-state index contributed by atoms with van der Waals surface area (Å²) in [7, 11) is 1.84. The number of anilines is 1. The van der Waals surface area contributed by atoms with Gasteiger partial charge in [0.05, 0.1) is 5.69 Å². The van der Waals surface area contributed by atoms with Crippen molar-refractivity contribution in [3.63, 3.8) is 0 Å². The van der Waals surface area contributed by atoms with Crippen molar-refractivity contribution in [2.75, 3.05) is 44.7 Å². The molecule has 0 unspecified atom stereocenters. The summed E-state index contributed by atoms with van der Waals surface area (Å²) in [5.41, 5.74) is 3.41. The van der Waals surface area contributed by atoms with Gasteiger partial charge in [0.2, 0.25) is 0 Å². The molecular weight excluding hydrogens is 350 g/mol. The number of H-pyrrole nitrogens is 1. The Hall–Kier alpha value is -3.15. The summed E-state index contributed by atoms with van der Waals surface area (Å²) in [5.74, 6) is 1.29. The predicted molar refractivity (Wildman–Crippen MR) is 115 cm³/mol. The topological polar surface area (TPSA) is 66.9 Å². The number of benzene rings is 2. The summed E-state index contributed by atoms with van der Waals surface area (Å²) in [6.45, 7) is 4.32. The van der Waals surface area contributed by atoms with Crippen molar-refractivity contribution < 1.29 is 5.11 Å². The van der Waals surface area contributed by atoms with Crippen LogP contribution in [-0.4, -0.2) is 60.7 Å². The van der Waals surface area contributed by atoms with E-state index in [-0.39, 0.29) is 0 Å². The fourth-order valence-electron chi connectivity index (χ4n) is 3.87. The van der Waals surface area contributed by atoms with E-state index in [0.717, 1.165) is 50.8 Å². The van der Waals surface area contributed by atoms with Gasteiger partial charge < -0.3 is 25.2 Å². The van der Waals surface area contributed by atoms with Crippen LogP contribution in [0.5, 0.6) is 5.75 Å². The van der Waals surface area contributed by atoms with Crippen LogP contribution in [0.15, 0.2) is 59.7 Å². The molecule has 0 amide bonds. The van der Waals surface area contributed by atoms with Gasteiger partial charge in [-0.3, -0.25) is 4.99 Å². The van der Waals surface area contributed by atoms with Gasteiger partial charge in [0.1, 0.15) is 5.75 Å². The number of nitrogens with one attached hydrogen (secondary N) is 2. The van der Waals surface area contributed by atoms with Gasteiger partial charge in [-0.2, -0.15) is 0 Å². The Morgan fingerprint density at radius 1 is 1.07 bits per heavy atom. The molecule has 0 saturated carbocycles. The zero-order chi connectivity index (χ0) is 19.3. The van der Waals surface area contributed by atoms with E-state index in [2.05, 4.69) is 55.6 Å². The molecule has 1 aromatic heterocycles. The SMILES string of the molecule is CN=C(NCCc1c[nH]c2ccccc12)N1CCN(c2ccccc2O)CC1. The molecule has 1 saturated heterocycles. The third-order valence-corrected chi connectivity index (χ3v) is 5.37. The fraction of sp³-hybridized carbons (Fsp3) is 0.318. The van der Waals surface area contributed by atoms with Crippen LogP contribution in [0, 0.1) is 0 Å². The summed E-state index contributed by atoms with van der Waals surface area (Å²) in [5, 5.41) is 14.9. The number of rotatable bonds is 4. The van der Waals surface area contributed by atoms with Crippen LogP contribution in [-0.2, 0) is 6.42 Å². The van der Waals surface area contributed by atoms with E-state index in [1.54, 1.807) is 6.07 Å². The Labute approximate surface area is 165 Å². The minimum atomic E-state index is 0.345. The van der Waals surface area contributed by atoms with E-state index in [1.807, 2.05) is 25.2 Å². The number of phenolic OH excluding ortho intramolecular Hbond substituents is 1. The average molecular weight is 377 g/mol. The fourth-order valence-corrected chi connectivity index (χ4v) is 3.87. The van der Waals surface area contributed by atoms with Gasteiger partial charge in [-0.25, -0.2) is 0 Å². The molecule has 6 nitrogen and oxygen atoms in total. The van der Waals surface area contributed by atoms with Gasteiger partial charge in [-0.15, -0.1) is 0 Å². The summed E-state index contributed by atoms with van der Waals surface area (Å²) < 4.78 is 0. The molecule has 0 bridgehead atoms. The predicted octanol–water partition coefficient (Wildman–Crippen LogP) is 2.81. The Kier molecular flexibility index (Phi) is 5.37. The second kappa shape index (κ2) is 8.25. The first kappa shape index (κ1) is 18.2. The molecule has 3 N–H and O–H groups in total. The lowest BCUT2D eigenvalue weighted by Crippen LogP contribution is -2.52. The number of aromatic hydroxyl groups is 1. The second-order valence-corrected chi connectivity index (χ2v) is 7.05. The maximum absolute atomic E-state index is 10.1. The molecule has 1 aliphatic rings. The third-order valence-electron chi connectivity index (χ3n) is 5.37. The minimum absolute atomic E-state index is 0.345. The molecule has 0 atom stereocenters. The van der Waals surface area contributed by atoms with Crippen LogP contribution < -0.4 is 10.2 Å². The van der Waals surface area contributed by atoms with Gasteiger partial charge in [-0.05, 0) is 30.2 Å². The number of para-hydroxylation sites is 3. The van der Waals surface area contributed by atoms with Crippen molar-refractivity contribution in [1.29, 1.82) is 0 Å². The van der Waals surface area contributed by atoms with Crippen LogP contribution >= 0.6 is 0 Å². The smallest absolute Gasteiger partial charge is 0.193 e. The second-order valence-electron chi connectivity index (χ2n) is 7.05. The van der Waals surface area contributed by atoms with Gasteiger partial charge in [0.15, 0.2) is 5.96 Å². The highest BCUT2D eigenvalue weighted by Gasteiger charge is 2.21. The van der Waals surface area contributed by atoms with Gasteiger partial charge in [-0.1, -0.05) is 30.3 Å². The Morgan fingerprint density at radius 2 is 1.82 bits per heavy atom. The number of hydrogen-bond donors (Lipinski definition) is 3. The molecule has 0 aliphatic carbocycles. The van der Waals surface area contributed by atoms with E-state index in [0.29, 0.717) is 5.75 Å². The molecule has 1 fully saturated rings. The zero-order valence-electron chi connectivity index (χ0n) is 16.2. The van der Waals surface area contributed by atoms with E-state index in [4.69, 9.17) is 0 Å². The third kappa shape index (κ3) is 3.76. The summed E-state index contributed by atoms with van der Waals surface area (Å²) in [6.07, 6.45) is 3.04. The van der Waals surface area contributed by atoms with Crippen molar-refractivity contribution in [3.8, 4) is 5.75 Å². The zero-order valence-corrected chi connectivity index (χ0v) is 16.2. The molecule has 4 rings (SSSR count). The monoisotopic (exact) mass is 377 g/mol. The number of nitrogens with zero attached hydrogens (tertiary/aromatic N) is 3. The first-order valence-electron chi connectivity index (χ1n) is 9.80. The molecule has 1 aliphatic heterocycles. The van der Waals surface area contributed by atoms with E-state index >= 15 is 0 Å². The number of fused-ring (bicyclic) bond motifs is 1. The lowest BCUT2D eigenvalue weighted by atomic mass is 10.1. The summed E-state index contributed by atoms with van der Waals surface area (Å²) >= 11 is 0. The molecule has 6 heteroatoms. The highest BCUT2D eigenvalue weighted by molar-refractivity contribution is 5.83. The largest absolute Gasteiger partial charge is 0.506 e. The Morgan fingerprint density at radius 3 is 2.61 bits per heavy atom. The Bertz CT molecular complexity index is 956. The molecule has 0 radical (unpaired) electrons. The highest BCUT2D eigenvalue weighted by Crippen LogP contribution is 2.27. The first-order chi connectivity index (χ1) is 13.8. The van der Waals surface area contributed by atoms with Crippen LogP contribution in [0.4, 0.5) is 5.69 Å². The van der Waals surface area contributed by atoms with Crippen molar-refractivity contribution in [1.82, 2.24) is 15.2 Å². The molecule has 0 spiro atoms. The standard InChI is InChI=1S/C22H27N5O/c1-23-22(24-11-10-17-16-25-19-7-3-2-6-18(17)19)27-14-12-26(13-15-27)20-8-4-5-9-21(20)28/h2-9,16,25,28H,10-15H2,1H3,(H,23,24). The molecular formula is C22H27N5O.